The number of hydrogen-bond acceptors (Lipinski definition) is 4. The number of nitrogens with two attached hydrogens (primary N) is 1. The second kappa shape index (κ2) is 5.89. The van der Waals surface area contributed by atoms with Crippen molar-refractivity contribution in [3.63, 3.8) is 0 Å². The van der Waals surface area contributed by atoms with Crippen molar-refractivity contribution in [2.75, 3.05) is 17.6 Å². The Morgan fingerprint density at radius 2 is 2.25 bits per heavy atom. The molecule has 1 heterocycles. The van der Waals surface area contributed by atoms with Crippen molar-refractivity contribution in [2.24, 2.45) is 0 Å². The van der Waals surface area contributed by atoms with Crippen LogP contribution in [0.4, 0.5) is 24.5 Å². The molecule has 110 valence electrons. The smallest absolute Gasteiger partial charge is 0.387 e. The van der Waals surface area contributed by atoms with E-state index in [0.717, 1.165) is 12.1 Å². The quantitative estimate of drug-likeness (QED) is 0.721. The van der Waals surface area contributed by atoms with Crippen molar-refractivity contribution in [3.8, 4) is 5.75 Å². The fourth-order valence-electron chi connectivity index (χ4n) is 1.97. The molecule has 1 atom stereocenters. The lowest BCUT2D eigenvalue weighted by Gasteiger charge is -2.15. The molecule has 1 fully saturated rings. The average Bonchev–Trinajstić information content (AvgIpc) is 2.76. The second-order valence-electron chi connectivity index (χ2n) is 4.43. The minimum absolute atomic E-state index is 0.0365. The summed E-state index contributed by atoms with van der Waals surface area (Å²) in [5, 5.41) is 5.62. The molecule has 0 saturated carbocycles. The van der Waals surface area contributed by atoms with Gasteiger partial charge in [-0.15, -0.1) is 0 Å². The van der Waals surface area contributed by atoms with E-state index in [4.69, 9.17) is 5.73 Å². The zero-order valence-electron chi connectivity index (χ0n) is 10.5. The monoisotopic (exact) mass is 289 g/mol. The summed E-state index contributed by atoms with van der Waals surface area (Å²) < 4.78 is 41.7. The van der Waals surface area contributed by atoms with Crippen molar-refractivity contribution in [2.45, 2.75) is 25.5 Å². The van der Waals surface area contributed by atoms with E-state index in [2.05, 4.69) is 15.4 Å². The topological polar surface area (TPSA) is 76.4 Å². The molecule has 1 aliphatic rings. The van der Waals surface area contributed by atoms with E-state index >= 15 is 0 Å². The number of anilines is 2. The van der Waals surface area contributed by atoms with E-state index in [1.807, 2.05) is 0 Å². The summed E-state index contributed by atoms with van der Waals surface area (Å²) in [5.41, 5.74) is 5.96. The Morgan fingerprint density at radius 1 is 1.50 bits per heavy atom. The van der Waals surface area contributed by atoms with Crippen LogP contribution in [0.1, 0.15) is 12.8 Å². The van der Waals surface area contributed by atoms with Gasteiger partial charge in [0, 0.05) is 31.1 Å². The molecule has 0 spiro atoms. The number of carbonyl (C=O) groups is 1. The third-order valence-corrected chi connectivity index (χ3v) is 2.94. The van der Waals surface area contributed by atoms with Crippen LogP contribution in [0.5, 0.6) is 5.75 Å². The molecular weight excluding hydrogens is 275 g/mol. The normalized spacial score (nSPS) is 18.2. The summed E-state index contributed by atoms with van der Waals surface area (Å²) >= 11 is 0. The molecular formula is C12H14F3N3O2. The third-order valence-electron chi connectivity index (χ3n) is 2.94. The Hall–Kier alpha value is -2.12. The maximum Gasteiger partial charge on any atom is 0.387 e. The predicted octanol–water partition coefficient (Wildman–Crippen LogP) is 1.70. The molecule has 2 rings (SSSR count). The fraction of sp³-hybridized carbons (Fsp3) is 0.417. The summed E-state index contributed by atoms with van der Waals surface area (Å²) in [6.45, 7) is -2.74. The standard InChI is InChI=1S/C12H14F3N3O2/c13-7-3-8(16)9(4-10(7)20-12(14)15)17-5-6-1-2-11(19)18-6/h3-4,6,12,17H,1-2,5,16H2,(H,18,19). The van der Waals surface area contributed by atoms with E-state index in [1.165, 1.54) is 0 Å². The van der Waals surface area contributed by atoms with Crippen LogP contribution in [-0.4, -0.2) is 25.1 Å². The Kier molecular flexibility index (Phi) is 4.21. The van der Waals surface area contributed by atoms with Gasteiger partial charge in [-0.1, -0.05) is 0 Å². The summed E-state index contributed by atoms with van der Waals surface area (Å²) in [4.78, 5) is 11.0. The Bertz CT molecular complexity index is 511. The van der Waals surface area contributed by atoms with Crippen molar-refractivity contribution in [1.82, 2.24) is 5.32 Å². The summed E-state index contributed by atoms with van der Waals surface area (Å²) in [6, 6.07) is 1.92. The number of ether oxygens (including phenoxy) is 1. The van der Waals surface area contributed by atoms with Crippen molar-refractivity contribution < 1.29 is 22.7 Å². The largest absolute Gasteiger partial charge is 0.432 e. The van der Waals surface area contributed by atoms with Gasteiger partial charge in [-0.05, 0) is 6.42 Å². The molecule has 1 amide bonds. The van der Waals surface area contributed by atoms with Crippen LogP contribution in [0.25, 0.3) is 0 Å². The maximum atomic E-state index is 13.4. The first kappa shape index (κ1) is 14.3. The highest BCUT2D eigenvalue weighted by molar-refractivity contribution is 5.78. The predicted molar refractivity (Wildman–Crippen MR) is 67.1 cm³/mol. The molecule has 0 aromatic heterocycles. The van der Waals surface area contributed by atoms with Gasteiger partial charge in [0.2, 0.25) is 5.91 Å². The lowest BCUT2D eigenvalue weighted by atomic mass is 10.2. The van der Waals surface area contributed by atoms with E-state index < -0.39 is 18.2 Å². The number of alkyl halides is 2. The molecule has 0 bridgehead atoms. The van der Waals surface area contributed by atoms with Crippen LogP contribution in [0.15, 0.2) is 12.1 Å². The number of rotatable bonds is 5. The van der Waals surface area contributed by atoms with Gasteiger partial charge in [0.1, 0.15) is 0 Å². The zero-order chi connectivity index (χ0) is 14.7. The van der Waals surface area contributed by atoms with Crippen LogP contribution < -0.4 is 21.1 Å². The van der Waals surface area contributed by atoms with Gasteiger partial charge >= 0.3 is 6.61 Å². The number of nitrogen functional groups attached to an aromatic ring is 1. The van der Waals surface area contributed by atoms with Gasteiger partial charge in [0.05, 0.1) is 11.4 Å². The van der Waals surface area contributed by atoms with Gasteiger partial charge < -0.3 is 21.1 Å². The first-order valence-corrected chi connectivity index (χ1v) is 6.03. The molecule has 0 radical (unpaired) electrons. The minimum atomic E-state index is -3.12. The molecule has 20 heavy (non-hydrogen) atoms. The van der Waals surface area contributed by atoms with E-state index in [0.29, 0.717) is 19.4 Å². The van der Waals surface area contributed by atoms with Crippen LogP contribution >= 0.6 is 0 Å². The summed E-state index contributed by atoms with van der Waals surface area (Å²) in [6.07, 6.45) is 1.12. The molecule has 0 aliphatic carbocycles. The number of halogens is 3. The number of benzene rings is 1. The number of hydrogen-bond donors (Lipinski definition) is 3. The van der Waals surface area contributed by atoms with Gasteiger partial charge in [-0.2, -0.15) is 8.78 Å². The maximum absolute atomic E-state index is 13.4. The lowest BCUT2D eigenvalue weighted by molar-refractivity contribution is -0.119. The lowest BCUT2D eigenvalue weighted by Crippen LogP contribution is -2.31. The minimum Gasteiger partial charge on any atom is -0.432 e. The van der Waals surface area contributed by atoms with Crippen LogP contribution in [0.2, 0.25) is 0 Å². The molecule has 1 unspecified atom stereocenters. The fourth-order valence-corrected chi connectivity index (χ4v) is 1.97. The van der Waals surface area contributed by atoms with Gasteiger partial charge in [-0.3, -0.25) is 4.79 Å². The van der Waals surface area contributed by atoms with Gasteiger partial charge in [0.15, 0.2) is 11.6 Å². The van der Waals surface area contributed by atoms with Crippen LogP contribution in [-0.2, 0) is 4.79 Å². The third kappa shape index (κ3) is 3.46. The molecule has 8 heteroatoms. The van der Waals surface area contributed by atoms with Gasteiger partial charge in [0.25, 0.3) is 0 Å². The molecule has 4 N–H and O–H groups in total. The molecule has 5 nitrogen and oxygen atoms in total. The van der Waals surface area contributed by atoms with Gasteiger partial charge in [-0.25, -0.2) is 4.39 Å². The molecule has 1 aromatic rings. The Balaban J connectivity index is 2.04. The van der Waals surface area contributed by atoms with E-state index in [1.54, 1.807) is 0 Å². The van der Waals surface area contributed by atoms with Crippen LogP contribution in [0.3, 0.4) is 0 Å². The molecule has 1 aliphatic heterocycles. The zero-order valence-corrected chi connectivity index (χ0v) is 10.5. The van der Waals surface area contributed by atoms with Crippen molar-refractivity contribution in [1.29, 1.82) is 0 Å². The average molecular weight is 289 g/mol. The molecule has 1 aromatic carbocycles. The highest BCUT2D eigenvalue weighted by Gasteiger charge is 2.21. The summed E-state index contributed by atoms with van der Waals surface area (Å²) in [7, 11) is 0. The van der Waals surface area contributed by atoms with Crippen molar-refractivity contribution >= 4 is 17.3 Å². The number of carbonyl (C=O) groups excluding carboxylic acids is 1. The number of amides is 1. The highest BCUT2D eigenvalue weighted by atomic mass is 19.3. The first-order chi connectivity index (χ1) is 9.45. The Morgan fingerprint density at radius 3 is 2.85 bits per heavy atom. The van der Waals surface area contributed by atoms with Crippen molar-refractivity contribution in [3.05, 3.63) is 17.9 Å². The van der Waals surface area contributed by atoms with E-state index in [9.17, 15) is 18.0 Å². The SMILES string of the molecule is Nc1cc(F)c(OC(F)F)cc1NCC1CCC(=O)N1. The molecule has 1 saturated heterocycles. The second-order valence-corrected chi connectivity index (χ2v) is 4.43. The summed E-state index contributed by atoms with van der Waals surface area (Å²) in [5.74, 6) is -1.57. The first-order valence-electron chi connectivity index (χ1n) is 6.03. The number of nitrogens with one attached hydrogen (secondary N) is 2. The highest BCUT2D eigenvalue weighted by Crippen LogP contribution is 2.29. The Labute approximate surface area is 113 Å². The van der Waals surface area contributed by atoms with E-state index in [-0.39, 0.29) is 23.3 Å². The van der Waals surface area contributed by atoms with Crippen LogP contribution in [0, 0.1) is 5.82 Å².